The zero-order valence-corrected chi connectivity index (χ0v) is 17.1. The van der Waals surface area contributed by atoms with E-state index in [1.54, 1.807) is 0 Å². The first kappa shape index (κ1) is 19.0. The van der Waals surface area contributed by atoms with Gasteiger partial charge in [-0.15, -0.1) is 0 Å². The molecular weight excluding hydrogens is 384 g/mol. The maximum atomic E-state index is 5.99. The zero-order chi connectivity index (χ0) is 20.9. The van der Waals surface area contributed by atoms with Crippen molar-refractivity contribution in [2.24, 2.45) is 0 Å². The fourth-order valence-electron chi connectivity index (χ4n) is 3.58. The predicted molar refractivity (Wildman–Crippen MR) is 124 cm³/mol. The standard InChI is InChI=1S/C26H22N4O/c1-3-10-23-20(7-1)12-14-25(28-23)30(19-22-9-5-6-16-27-22)17-18-31-26-15-13-21-8-2-4-11-24(21)29-26/h1-16H,17-19H2. The summed E-state index contributed by atoms with van der Waals surface area (Å²) >= 11 is 0. The number of anilines is 1. The van der Waals surface area contributed by atoms with E-state index in [2.05, 4.69) is 33.1 Å². The van der Waals surface area contributed by atoms with Crippen molar-refractivity contribution in [3.63, 3.8) is 0 Å². The molecule has 0 aliphatic rings. The monoisotopic (exact) mass is 406 g/mol. The summed E-state index contributed by atoms with van der Waals surface area (Å²) in [4.78, 5) is 16.1. The molecule has 5 rings (SSSR count). The maximum Gasteiger partial charge on any atom is 0.213 e. The summed E-state index contributed by atoms with van der Waals surface area (Å²) in [6, 6.07) is 30.3. The van der Waals surface area contributed by atoms with E-state index in [-0.39, 0.29) is 0 Å². The summed E-state index contributed by atoms with van der Waals surface area (Å²) in [6.07, 6.45) is 1.82. The molecular formula is C26H22N4O. The second-order valence-electron chi connectivity index (χ2n) is 7.30. The molecule has 0 saturated heterocycles. The summed E-state index contributed by atoms with van der Waals surface area (Å²) in [7, 11) is 0. The Hall–Kier alpha value is -3.99. The number of hydrogen-bond acceptors (Lipinski definition) is 5. The number of pyridine rings is 3. The molecule has 0 unspecified atom stereocenters. The van der Waals surface area contributed by atoms with Crippen molar-refractivity contribution in [3.8, 4) is 5.88 Å². The highest BCUT2D eigenvalue weighted by Crippen LogP contribution is 2.20. The molecule has 5 nitrogen and oxygen atoms in total. The van der Waals surface area contributed by atoms with Crippen molar-refractivity contribution >= 4 is 27.6 Å². The Morgan fingerprint density at radius 3 is 2.16 bits per heavy atom. The Balaban J connectivity index is 1.35. The maximum absolute atomic E-state index is 5.99. The minimum Gasteiger partial charge on any atom is -0.476 e. The Morgan fingerprint density at radius 1 is 0.677 bits per heavy atom. The van der Waals surface area contributed by atoms with E-state index < -0.39 is 0 Å². The summed E-state index contributed by atoms with van der Waals surface area (Å²) in [5.41, 5.74) is 2.89. The minimum atomic E-state index is 0.493. The van der Waals surface area contributed by atoms with Crippen molar-refractivity contribution in [1.82, 2.24) is 15.0 Å². The molecule has 2 aromatic carbocycles. The lowest BCUT2D eigenvalue weighted by molar-refractivity contribution is 0.312. The highest BCUT2D eigenvalue weighted by molar-refractivity contribution is 5.80. The average Bonchev–Trinajstić information content (AvgIpc) is 2.84. The fourth-order valence-corrected chi connectivity index (χ4v) is 3.58. The van der Waals surface area contributed by atoms with Gasteiger partial charge < -0.3 is 9.64 Å². The first-order valence-corrected chi connectivity index (χ1v) is 10.3. The molecule has 3 aromatic heterocycles. The van der Waals surface area contributed by atoms with Gasteiger partial charge in [-0.1, -0.05) is 42.5 Å². The van der Waals surface area contributed by atoms with Gasteiger partial charge in [-0.2, -0.15) is 0 Å². The predicted octanol–water partition coefficient (Wildman–Crippen LogP) is 5.26. The summed E-state index contributed by atoms with van der Waals surface area (Å²) in [5, 5.41) is 2.23. The largest absolute Gasteiger partial charge is 0.476 e. The summed E-state index contributed by atoms with van der Waals surface area (Å²) in [5.74, 6) is 1.53. The third-order valence-electron chi connectivity index (χ3n) is 5.17. The van der Waals surface area contributed by atoms with Gasteiger partial charge >= 0.3 is 0 Å². The number of para-hydroxylation sites is 2. The highest BCUT2D eigenvalue weighted by Gasteiger charge is 2.11. The van der Waals surface area contributed by atoms with Crippen LogP contribution in [0.3, 0.4) is 0 Å². The van der Waals surface area contributed by atoms with Crippen LogP contribution in [0.4, 0.5) is 5.82 Å². The third kappa shape index (κ3) is 4.46. The van der Waals surface area contributed by atoms with Gasteiger partial charge in [0.1, 0.15) is 12.4 Å². The van der Waals surface area contributed by atoms with Crippen molar-refractivity contribution in [1.29, 1.82) is 0 Å². The van der Waals surface area contributed by atoms with E-state index >= 15 is 0 Å². The minimum absolute atomic E-state index is 0.493. The summed E-state index contributed by atoms with van der Waals surface area (Å²) in [6.45, 7) is 1.81. The quantitative estimate of drug-likeness (QED) is 0.369. The van der Waals surface area contributed by atoms with Crippen molar-refractivity contribution in [2.45, 2.75) is 6.54 Å². The first-order valence-electron chi connectivity index (χ1n) is 10.3. The molecule has 0 spiro atoms. The van der Waals surface area contributed by atoms with E-state index in [0.717, 1.165) is 33.3 Å². The molecule has 0 saturated carbocycles. The molecule has 0 aliphatic carbocycles. The molecule has 0 fully saturated rings. The highest BCUT2D eigenvalue weighted by atomic mass is 16.5. The second kappa shape index (κ2) is 8.79. The molecule has 0 bridgehead atoms. The van der Waals surface area contributed by atoms with Crippen molar-refractivity contribution in [3.05, 3.63) is 103 Å². The van der Waals surface area contributed by atoms with E-state index in [1.807, 2.05) is 79.0 Å². The van der Waals surface area contributed by atoms with E-state index in [9.17, 15) is 0 Å². The van der Waals surface area contributed by atoms with Crippen LogP contribution in [0.2, 0.25) is 0 Å². The zero-order valence-electron chi connectivity index (χ0n) is 17.1. The van der Waals surface area contributed by atoms with Crippen LogP contribution in [0.25, 0.3) is 21.8 Å². The lowest BCUT2D eigenvalue weighted by Crippen LogP contribution is -2.29. The van der Waals surface area contributed by atoms with Gasteiger partial charge in [0.2, 0.25) is 5.88 Å². The van der Waals surface area contributed by atoms with Crippen LogP contribution in [-0.2, 0) is 6.54 Å². The lowest BCUT2D eigenvalue weighted by atomic mass is 10.2. The van der Waals surface area contributed by atoms with E-state index in [0.29, 0.717) is 25.6 Å². The molecule has 0 amide bonds. The Morgan fingerprint density at radius 2 is 1.39 bits per heavy atom. The average molecular weight is 406 g/mol. The third-order valence-corrected chi connectivity index (χ3v) is 5.17. The first-order chi connectivity index (χ1) is 15.3. The van der Waals surface area contributed by atoms with Crippen LogP contribution in [0.15, 0.2) is 97.2 Å². The fraction of sp³-hybridized carbons (Fsp3) is 0.115. The SMILES string of the molecule is c1ccc(CN(CCOc2ccc3ccccc3n2)c2ccc3ccccc3n2)nc1. The molecule has 31 heavy (non-hydrogen) atoms. The van der Waals surface area contributed by atoms with Gasteiger partial charge in [-0.3, -0.25) is 4.98 Å². The van der Waals surface area contributed by atoms with Crippen LogP contribution in [0.1, 0.15) is 5.69 Å². The number of benzene rings is 2. The van der Waals surface area contributed by atoms with Gasteiger partial charge in [0.05, 0.1) is 29.8 Å². The number of ether oxygens (including phenoxy) is 1. The molecule has 0 aliphatic heterocycles. The van der Waals surface area contributed by atoms with E-state index in [1.165, 1.54) is 0 Å². The summed E-state index contributed by atoms with van der Waals surface area (Å²) < 4.78 is 5.99. The van der Waals surface area contributed by atoms with Crippen LogP contribution >= 0.6 is 0 Å². The van der Waals surface area contributed by atoms with Crippen LogP contribution in [-0.4, -0.2) is 28.1 Å². The molecule has 0 atom stereocenters. The number of hydrogen-bond donors (Lipinski definition) is 0. The molecule has 5 aromatic rings. The Labute approximate surface area is 181 Å². The van der Waals surface area contributed by atoms with Crippen molar-refractivity contribution < 1.29 is 4.74 Å². The Kier molecular flexibility index (Phi) is 5.39. The van der Waals surface area contributed by atoms with Gasteiger partial charge in [0, 0.05) is 23.0 Å². The lowest BCUT2D eigenvalue weighted by Gasteiger charge is -2.23. The number of rotatable bonds is 7. The smallest absolute Gasteiger partial charge is 0.213 e. The van der Waals surface area contributed by atoms with Crippen molar-refractivity contribution in [2.75, 3.05) is 18.1 Å². The topological polar surface area (TPSA) is 51.1 Å². The van der Waals surface area contributed by atoms with Gasteiger partial charge in [-0.25, -0.2) is 9.97 Å². The molecule has 0 radical (unpaired) electrons. The van der Waals surface area contributed by atoms with Gasteiger partial charge in [0.15, 0.2) is 0 Å². The number of aromatic nitrogens is 3. The normalized spacial score (nSPS) is 11.0. The Bertz CT molecular complexity index is 1310. The molecule has 3 heterocycles. The van der Waals surface area contributed by atoms with Crippen LogP contribution in [0, 0.1) is 0 Å². The number of nitrogens with zero attached hydrogens (tertiary/aromatic N) is 4. The van der Waals surface area contributed by atoms with E-state index in [4.69, 9.17) is 9.72 Å². The van der Waals surface area contributed by atoms with Gasteiger partial charge in [0.25, 0.3) is 0 Å². The second-order valence-corrected chi connectivity index (χ2v) is 7.30. The molecule has 152 valence electrons. The van der Waals surface area contributed by atoms with Crippen LogP contribution < -0.4 is 9.64 Å². The molecule has 0 N–H and O–H groups in total. The number of fused-ring (bicyclic) bond motifs is 2. The molecule has 5 heteroatoms. The van der Waals surface area contributed by atoms with Gasteiger partial charge in [-0.05, 0) is 42.5 Å². The van der Waals surface area contributed by atoms with Crippen LogP contribution in [0.5, 0.6) is 5.88 Å².